The maximum atomic E-state index is 11.6. The average Bonchev–Trinajstić information content (AvgIpc) is 2.90. The second-order valence-corrected chi connectivity index (χ2v) is 6.85. The van der Waals surface area contributed by atoms with E-state index in [9.17, 15) is 13.0 Å². The van der Waals surface area contributed by atoms with Crippen LogP contribution in [-0.4, -0.2) is 26.1 Å². The van der Waals surface area contributed by atoms with Gasteiger partial charge in [0.25, 0.3) is 10.1 Å². The Hall–Kier alpha value is -1.07. The third kappa shape index (κ3) is 2.49. The molecule has 19 heavy (non-hydrogen) atoms. The molecule has 0 aromatic heterocycles. The van der Waals surface area contributed by atoms with Crippen molar-refractivity contribution in [2.75, 3.05) is 18.0 Å². The number of benzene rings is 1. The van der Waals surface area contributed by atoms with Crippen LogP contribution in [-0.2, 0) is 23.0 Å². The summed E-state index contributed by atoms with van der Waals surface area (Å²) >= 11 is 0. The molecule has 1 fully saturated rings. The van der Waals surface area contributed by atoms with Gasteiger partial charge in [0.15, 0.2) is 0 Å². The van der Waals surface area contributed by atoms with Gasteiger partial charge in [0, 0.05) is 13.1 Å². The summed E-state index contributed by atoms with van der Waals surface area (Å²) in [7, 11) is -4.15. The summed E-state index contributed by atoms with van der Waals surface area (Å²) in [5, 5.41) is 0. The second-order valence-electron chi connectivity index (χ2n) is 5.46. The Morgan fingerprint density at radius 2 is 1.53 bits per heavy atom. The highest BCUT2D eigenvalue weighted by atomic mass is 32.2. The van der Waals surface area contributed by atoms with Crippen molar-refractivity contribution in [3.63, 3.8) is 0 Å². The number of hydrogen-bond acceptors (Lipinski definition) is 3. The number of aryl methyl sites for hydroxylation is 2. The molecule has 104 valence electrons. The topological polar surface area (TPSA) is 57.6 Å². The fraction of sp³-hybridized carbons (Fsp3) is 0.571. The van der Waals surface area contributed by atoms with Crippen molar-refractivity contribution in [2.45, 2.75) is 43.4 Å². The van der Waals surface area contributed by atoms with Crippen molar-refractivity contribution in [3.05, 3.63) is 23.3 Å². The summed E-state index contributed by atoms with van der Waals surface area (Å²) in [5.41, 5.74) is 3.03. The Labute approximate surface area is 114 Å². The van der Waals surface area contributed by atoms with Gasteiger partial charge in [0.05, 0.1) is 5.69 Å². The van der Waals surface area contributed by atoms with Crippen molar-refractivity contribution in [1.29, 1.82) is 0 Å². The van der Waals surface area contributed by atoms with Crippen LogP contribution in [0.15, 0.2) is 17.0 Å². The molecule has 1 aliphatic heterocycles. The largest absolute Gasteiger partial charge is 0.370 e. The highest BCUT2D eigenvalue weighted by molar-refractivity contribution is 7.86. The summed E-state index contributed by atoms with van der Waals surface area (Å²) in [6, 6.07) is 3.68. The van der Waals surface area contributed by atoms with Crippen molar-refractivity contribution in [3.8, 4) is 0 Å². The zero-order valence-corrected chi connectivity index (χ0v) is 11.7. The van der Waals surface area contributed by atoms with E-state index in [1.54, 1.807) is 6.07 Å². The molecule has 0 bridgehead atoms. The van der Waals surface area contributed by atoms with Gasteiger partial charge in [-0.3, -0.25) is 4.55 Å². The molecule has 1 heterocycles. The molecule has 3 rings (SSSR count). The zero-order chi connectivity index (χ0) is 13.5. The molecule has 0 atom stereocenters. The van der Waals surface area contributed by atoms with E-state index in [1.165, 1.54) is 5.56 Å². The molecule has 0 saturated carbocycles. The van der Waals surface area contributed by atoms with Crippen LogP contribution >= 0.6 is 0 Å². The van der Waals surface area contributed by atoms with Crippen LogP contribution < -0.4 is 4.90 Å². The first-order chi connectivity index (χ1) is 9.05. The smallest absolute Gasteiger partial charge is 0.296 e. The molecule has 0 spiro atoms. The second kappa shape index (κ2) is 4.80. The molecule has 5 heteroatoms. The van der Waals surface area contributed by atoms with Gasteiger partial charge in [-0.2, -0.15) is 8.42 Å². The average molecular weight is 281 g/mol. The van der Waals surface area contributed by atoms with E-state index >= 15 is 0 Å². The maximum Gasteiger partial charge on any atom is 0.296 e. The molecular formula is C14H19NO3S. The van der Waals surface area contributed by atoms with Crippen molar-refractivity contribution in [1.82, 2.24) is 0 Å². The number of hydrogen-bond donors (Lipinski definition) is 1. The lowest BCUT2D eigenvalue weighted by Crippen LogP contribution is -2.21. The molecule has 4 nitrogen and oxygen atoms in total. The normalized spacial score (nSPS) is 19.5. The summed E-state index contributed by atoms with van der Waals surface area (Å²) in [5.74, 6) is 0. The first-order valence-electron chi connectivity index (χ1n) is 6.94. The Morgan fingerprint density at radius 1 is 0.947 bits per heavy atom. The van der Waals surface area contributed by atoms with E-state index in [4.69, 9.17) is 0 Å². The standard InChI is InChI=1S/C14H19NO3S/c16-19(17,18)14-10-12-6-2-1-5-11(12)9-13(14)15-7-3-4-8-15/h9-10H,1-8H2,(H,16,17,18). The predicted octanol–water partition coefficient (Wildman–Crippen LogP) is 2.41. The van der Waals surface area contributed by atoms with Gasteiger partial charge in [-0.05, 0) is 61.8 Å². The van der Waals surface area contributed by atoms with Gasteiger partial charge < -0.3 is 4.90 Å². The monoisotopic (exact) mass is 281 g/mol. The number of fused-ring (bicyclic) bond motifs is 1. The Bertz CT molecular complexity index is 589. The third-order valence-corrected chi connectivity index (χ3v) is 5.03. The van der Waals surface area contributed by atoms with Crippen molar-refractivity contribution >= 4 is 15.8 Å². The minimum atomic E-state index is -4.15. The van der Waals surface area contributed by atoms with E-state index in [0.717, 1.165) is 57.2 Å². The van der Waals surface area contributed by atoms with Gasteiger partial charge in [-0.25, -0.2) is 0 Å². The number of nitrogens with zero attached hydrogens (tertiary/aromatic N) is 1. The van der Waals surface area contributed by atoms with Crippen LogP contribution in [0.5, 0.6) is 0 Å². The molecule has 1 aromatic rings. The van der Waals surface area contributed by atoms with E-state index in [-0.39, 0.29) is 4.90 Å². The van der Waals surface area contributed by atoms with Crippen LogP contribution in [0.1, 0.15) is 36.8 Å². The van der Waals surface area contributed by atoms with Crippen molar-refractivity contribution in [2.24, 2.45) is 0 Å². The molecule has 1 aromatic carbocycles. The maximum absolute atomic E-state index is 11.6. The van der Waals surface area contributed by atoms with E-state index in [2.05, 4.69) is 4.90 Å². The SMILES string of the molecule is O=S(=O)(O)c1cc2c(cc1N1CCCC1)CCCC2. The summed E-state index contributed by atoms with van der Waals surface area (Å²) in [4.78, 5) is 2.17. The fourth-order valence-electron chi connectivity index (χ4n) is 3.16. The quantitative estimate of drug-likeness (QED) is 0.846. The molecular weight excluding hydrogens is 262 g/mol. The van der Waals surface area contributed by atoms with Crippen LogP contribution in [0.2, 0.25) is 0 Å². The van der Waals surface area contributed by atoms with Gasteiger partial charge in [0.1, 0.15) is 4.90 Å². The van der Waals surface area contributed by atoms with Gasteiger partial charge >= 0.3 is 0 Å². The van der Waals surface area contributed by atoms with Gasteiger partial charge in [-0.15, -0.1) is 0 Å². The predicted molar refractivity (Wildman–Crippen MR) is 74.3 cm³/mol. The molecule has 1 saturated heterocycles. The highest BCUT2D eigenvalue weighted by Crippen LogP contribution is 2.34. The lowest BCUT2D eigenvalue weighted by molar-refractivity contribution is 0.483. The molecule has 1 aliphatic carbocycles. The molecule has 0 amide bonds. The summed E-state index contributed by atoms with van der Waals surface area (Å²) < 4.78 is 32.7. The first-order valence-corrected chi connectivity index (χ1v) is 8.38. The lowest BCUT2D eigenvalue weighted by Gasteiger charge is -2.24. The summed E-state index contributed by atoms with van der Waals surface area (Å²) in [6.07, 6.45) is 6.36. The Balaban J connectivity index is 2.14. The van der Waals surface area contributed by atoms with Crippen LogP contribution in [0, 0.1) is 0 Å². The van der Waals surface area contributed by atoms with E-state index in [1.807, 2.05) is 6.07 Å². The van der Waals surface area contributed by atoms with Crippen LogP contribution in [0.4, 0.5) is 5.69 Å². The minimum absolute atomic E-state index is 0.0926. The highest BCUT2D eigenvalue weighted by Gasteiger charge is 2.25. The number of rotatable bonds is 2. The fourth-order valence-corrected chi connectivity index (χ4v) is 3.91. The lowest BCUT2D eigenvalue weighted by atomic mass is 9.91. The molecule has 0 radical (unpaired) electrons. The molecule has 0 unspecified atom stereocenters. The number of anilines is 1. The van der Waals surface area contributed by atoms with E-state index < -0.39 is 10.1 Å². The third-order valence-electron chi connectivity index (χ3n) is 4.15. The summed E-state index contributed by atoms with van der Waals surface area (Å²) in [6.45, 7) is 1.75. The van der Waals surface area contributed by atoms with Crippen LogP contribution in [0.25, 0.3) is 0 Å². The Morgan fingerprint density at radius 3 is 2.11 bits per heavy atom. The first kappa shape index (κ1) is 12.9. The van der Waals surface area contributed by atoms with Gasteiger partial charge in [-0.1, -0.05) is 0 Å². The Kier molecular flexibility index (Phi) is 3.27. The molecule has 2 aliphatic rings. The van der Waals surface area contributed by atoms with E-state index in [0.29, 0.717) is 5.69 Å². The van der Waals surface area contributed by atoms with Crippen molar-refractivity contribution < 1.29 is 13.0 Å². The molecule has 1 N–H and O–H groups in total. The minimum Gasteiger partial charge on any atom is -0.370 e. The van der Waals surface area contributed by atoms with Crippen LogP contribution in [0.3, 0.4) is 0 Å². The van der Waals surface area contributed by atoms with Gasteiger partial charge in [0.2, 0.25) is 0 Å². The zero-order valence-electron chi connectivity index (χ0n) is 10.9.